The number of hydrogen-bond donors (Lipinski definition) is 2. The molecule has 0 amide bonds. The summed E-state index contributed by atoms with van der Waals surface area (Å²) in [6.45, 7) is 2.78. The highest BCUT2D eigenvalue weighted by Crippen LogP contribution is 2.06. The van der Waals surface area contributed by atoms with Crippen molar-refractivity contribution in [2.75, 3.05) is 32.9 Å². The summed E-state index contributed by atoms with van der Waals surface area (Å²) >= 11 is 0. The molecule has 0 heterocycles. The molecule has 0 spiro atoms. The Kier molecular flexibility index (Phi) is 10.3. The van der Waals surface area contributed by atoms with Crippen molar-refractivity contribution in [1.29, 1.82) is 0 Å². The normalized spacial score (nSPS) is 11.7. The zero-order valence-corrected chi connectivity index (χ0v) is 16.7. The topological polar surface area (TPSA) is 73.8 Å². The number of halogens is 2. The quantitative estimate of drug-likeness (QED) is 0.281. The molecule has 0 aliphatic rings. The standard InChI is InChI=1S/C14H23FN4O2S.HI/c1-4-22(20,21)18-9-8-17-14(16-2)19(3)11-12-6-5-7-13(15)10-12;/h5-7,10,18H,4,8-9,11H2,1-3H3,(H,16,17);1H. The number of nitrogens with zero attached hydrogens (tertiary/aromatic N) is 2. The molecule has 132 valence electrons. The maximum atomic E-state index is 13.2. The molecule has 1 aromatic carbocycles. The van der Waals surface area contributed by atoms with E-state index < -0.39 is 10.0 Å². The van der Waals surface area contributed by atoms with Gasteiger partial charge in [0.2, 0.25) is 10.0 Å². The molecule has 0 radical (unpaired) electrons. The van der Waals surface area contributed by atoms with Gasteiger partial charge in [0, 0.05) is 33.7 Å². The molecular formula is C14H24FIN4O2S. The molecular weight excluding hydrogens is 434 g/mol. The van der Waals surface area contributed by atoms with Gasteiger partial charge in [0.25, 0.3) is 0 Å². The smallest absolute Gasteiger partial charge is 0.211 e. The monoisotopic (exact) mass is 458 g/mol. The summed E-state index contributed by atoms with van der Waals surface area (Å²) in [7, 11) is 0.286. The second-order valence-electron chi connectivity index (χ2n) is 4.76. The molecule has 1 aromatic rings. The Balaban J connectivity index is 0.00000484. The van der Waals surface area contributed by atoms with Crippen molar-refractivity contribution in [3.8, 4) is 0 Å². The molecule has 0 aromatic heterocycles. The molecule has 2 N–H and O–H groups in total. The van der Waals surface area contributed by atoms with E-state index in [9.17, 15) is 12.8 Å². The van der Waals surface area contributed by atoms with Gasteiger partial charge >= 0.3 is 0 Å². The fourth-order valence-corrected chi connectivity index (χ4v) is 2.47. The van der Waals surface area contributed by atoms with Gasteiger partial charge < -0.3 is 10.2 Å². The SMILES string of the molecule is CCS(=O)(=O)NCCNC(=NC)N(C)Cc1cccc(F)c1.I. The third-order valence-corrected chi connectivity index (χ3v) is 4.40. The fraction of sp³-hybridized carbons (Fsp3) is 0.500. The third-order valence-electron chi connectivity index (χ3n) is 2.99. The number of rotatable bonds is 7. The first-order valence-corrected chi connectivity index (χ1v) is 8.66. The fourth-order valence-electron chi connectivity index (χ4n) is 1.85. The van der Waals surface area contributed by atoms with Crippen LogP contribution in [-0.2, 0) is 16.6 Å². The van der Waals surface area contributed by atoms with Gasteiger partial charge in [-0.1, -0.05) is 12.1 Å². The Morgan fingerprint density at radius 1 is 1.35 bits per heavy atom. The summed E-state index contributed by atoms with van der Waals surface area (Å²) in [6, 6.07) is 6.37. The number of hydrogen-bond acceptors (Lipinski definition) is 3. The summed E-state index contributed by atoms with van der Waals surface area (Å²) in [6.07, 6.45) is 0. The number of aliphatic imine (C=N–C) groups is 1. The summed E-state index contributed by atoms with van der Waals surface area (Å²) in [4.78, 5) is 5.96. The molecule has 0 bridgehead atoms. The highest BCUT2D eigenvalue weighted by atomic mass is 127. The van der Waals surface area contributed by atoms with Gasteiger partial charge in [-0.15, -0.1) is 24.0 Å². The van der Waals surface area contributed by atoms with Gasteiger partial charge in [-0.3, -0.25) is 4.99 Å². The van der Waals surface area contributed by atoms with E-state index in [1.54, 1.807) is 20.0 Å². The van der Waals surface area contributed by atoms with Crippen LogP contribution < -0.4 is 10.0 Å². The van der Waals surface area contributed by atoms with Crippen LogP contribution in [0, 0.1) is 5.82 Å². The second kappa shape index (κ2) is 10.8. The molecule has 0 aliphatic carbocycles. The molecule has 0 aliphatic heterocycles. The van der Waals surface area contributed by atoms with Crippen LogP contribution in [0.4, 0.5) is 4.39 Å². The molecule has 23 heavy (non-hydrogen) atoms. The van der Waals surface area contributed by atoms with Crippen LogP contribution in [0.5, 0.6) is 0 Å². The lowest BCUT2D eigenvalue weighted by Gasteiger charge is -2.22. The third kappa shape index (κ3) is 8.47. The molecule has 0 saturated carbocycles. The molecule has 9 heteroatoms. The first-order valence-electron chi connectivity index (χ1n) is 7.01. The zero-order valence-electron chi connectivity index (χ0n) is 13.5. The van der Waals surface area contributed by atoms with Crippen LogP contribution in [0.15, 0.2) is 29.3 Å². The number of nitrogens with one attached hydrogen (secondary N) is 2. The van der Waals surface area contributed by atoms with Crippen molar-refractivity contribution in [2.24, 2.45) is 4.99 Å². The van der Waals surface area contributed by atoms with Gasteiger partial charge in [0.1, 0.15) is 5.82 Å². The van der Waals surface area contributed by atoms with E-state index in [0.717, 1.165) is 5.56 Å². The number of guanidine groups is 1. The van der Waals surface area contributed by atoms with E-state index in [1.165, 1.54) is 12.1 Å². The zero-order chi connectivity index (χ0) is 16.6. The van der Waals surface area contributed by atoms with Crippen LogP contribution in [-0.4, -0.2) is 52.2 Å². The Morgan fingerprint density at radius 2 is 2.04 bits per heavy atom. The van der Waals surface area contributed by atoms with Crippen LogP contribution in [0.1, 0.15) is 12.5 Å². The average molecular weight is 458 g/mol. The largest absolute Gasteiger partial charge is 0.355 e. The number of sulfonamides is 1. The molecule has 0 saturated heterocycles. The lowest BCUT2D eigenvalue weighted by atomic mass is 10.2. The van der Waals surface area contributed by atoms with E-state index in [0.29, 0.717) is 19.0 Å². The summed E-state index contributed by atoms with van der Waals surface area (Å²) < 4.78 is 38.2. The van der Waals surface area contributed by atoms with E-state index in [-0.39, 0.29) is 42.1 Å². The second-order valence-corrected chi connectivity index (χ2v) is 6.85. The average Bonchev–Trinajstić information content (AvgIpc) is 2.47. The first kappa shape index (κ1) is 22.1. The summed E-state index contributed by atoms with van der Waals surface area (Å²) in [5.41, 5.74) is 0.831. The lowest BCUT2D eigenvalue weighted by Crippen LogP contribution is -2.42. The van der Waals surface area contributed by atoms with Crippen molar-refractivity contribution in [1.82, 2.24) is 14.9 Å². The highest BCUT2D eigenvalue weighted by Gasteiger charge is 2.08. The summed E-state index contributed by atoms with van der Waals surface area (Å²) in [5.74, 6) is 0.393. The van der Waals surface area contributed by atoms with E-state index in [1.807, 2.05) is 18.0 Å². The van der Waals surface area contributed by atoms with Gasteiger partial charge in [0.15, 0.2) is 5.96 Å². The van der Waals surface area contributed by atoms with Crippen LogP contribution in [0.3, 0.4) is 0 Å². The van der Waals surface area contributed by atoms with Crippen molar-refractivity contribution in [3.05, 3.63) is 35.6 Å². The molecule has 0 fully saturated rings. The highest BCUT2D eigenvalue weighted by molar-refractivity contribution is 14.0. The van der Waals surface area contributed by atoms with E-state index >= 15 is 0 Å². The summed E-state index contributed by atoms with van der Waals surface area (Å²) in [5, 5.41) is 3.06. The predicted molar refractivity (Wildman–Crippen MR) is 102 cm³/mol. The minimum atomic E-state index is -3.18. The predicted octanol–water partition coefficient (Wildman–Crippen LogP) is 1.39. The first-order chi connectivity index (χ1) is 10.4. The lowest BCUT2D eigenvalue weighted by molar-refractivity contribution is 0.475. The minimum absolute atomic E-state index is 0. The Hall–Kier alpha value is -0.940. The van der Waals surface area contributed by atoms with Crippen LogP contribution >= 0.6 is 24.0 Å². The Bertz CT molecular complexity index is 611. The van der Waals surface area contributed by atoms with E-state index in [2.05, 4.69) is 15.0 Å². The molecule has 0 atom stereocenters. The van der Waals surface area contributed by atoms with E-state index in [4.69, 9.17) is 0 Å². The van der Waals surface area contributed by atoms with Crippen molar-refractivity contribution in [2.45, 2.75) is 13.5 Å². The number of benzene rings is 1. The van der Waals surface area contributed by atoms with Crippen LogP contribution in [0.25, 0.3) is 0 Å². The molecule has 0 unspecified atom stereocenters. The van der Waals surface area contributed by atoms with Gasteiger partial charge in [-0.25, -0.2) is 17.5 Å². The van der Waals surface area contributed by atoms with Crippen LogP contribution in [0.2, 0.25) is 0 Å². The molecule has 6 nitrogen and oxygen atoms in total. The molecule has 1 rings (SSSR count). The Morgan fingerprint density at radius 3 is 2.61 bits per heavy atom. The van der Waals surface area contributed by atoms with Gasteiger partial charge in [0.05, 0.1) is 5.75 Å². The maximum absolute atomic E-state index is 13.2. The minimum Gasteiger partial charge on any atom is -0.355 e. The van der Waals surface area contributed by atoms with Crippen molar-refractivity contribution < 1.29 is 12.8 Å². The van der Waals surface area contributed by atoms with Gasteiger partial charge in [-0.05, 0) is 24.6 Å². The van der Waals surface area contributed by atoms with Crippen molar-refractivity contribution in [3.63, 3.8) is 0 Å². The van der Waals surface area contributed by atoms with Crippen molar-refractivity contribution >= 4 is 40.0 Å². The Labute approximate surface area is 154 Å². The van der Waals surface area contributed by atoms with Gasteiger partial charge in [-0.2, -0.15) is 0 Å². The maximum Gasteiger partial charge on any atom is 0.211 e.